The highest BCUT2D eigenvalue weighted by Crippen LogP contribution is 2.32. The van der Waals surface area contributed by atoms with E-state index in [0.717, 1.165) is 28.7 Å². The van der Waals surface area contributed by atoms with E-state index in [4.69, 9.17) is 16.3 Å². The van der Waals surface area contributed by atoms with Crippen molar-refractivity contribution in [1.29, 1.82) is 0 Å². The van der Waals surface area contributed by atoms with Gasteiger partial charge in [-0.05, 0) is 30.7 Å². The van der Waals surface area contributed by atoms with Crippen molar-refractivity contribution in [2.75, 3.05) is 13.7 Å². The lowest BCUT2D eigenvalue weighted by atomic mass is 10.2. The third-order valence-electron chi connectivity index (χ3n) is 4.57. The van der Waals surface area contributed by atoms with Crippen LogP contribution in [0.4, 0.5) is 4.39 Å². The molecule has 0 atom stereocenters. The second-order valence-corrected chi connectivity index (χ2v) is 8.90. The summed E-state index contributed by atoms with van der Waals surface area (Å²) in [5.41, 5.74) is 2.24. The molecule has 0 fully saturated rings. The molecular weight excluding hydrogens is 455 g/mol. The van der Waals surface area contributed by atoms with E-state index in [1.54, 1.807) is 31.0 Å². The van der Waals surface area contributed by atoms with Gasteiger partial charge in [0.25, 0.3) is 0 Å². The van der Waals surface area contributed by atoms with Gasteiger partial charge in [-0.15, -0.1) is 21.5 Å². The minimum Gasteiger partial charge on any atom is -0.385 e. The van der Waals surface area contributed by atoms with Gasteiger partial charge in [0, 0.05) is 42.5 Å². The average molecular weight is 475 g/mol. The first-order valence-electron chi connectivity index (χ1n) is 9.66. The molecule has 5 nitrogen and oxygen atoms in total. The molecule has 2 heterocycles. The highest BCUT2D eigenvalue weighted by atomic mass is 35.5. The Bertz CT molecular complexity index is 1160. The van der Waals surface area contributed by atoms with Crippen LogP contribution >= 0.6 is 34.7 Å². The molecule has 0 radical (unpaired) electrons. The minimum absolute atomic E-state index is 0.265. The van der Waals surface area contributed by atoms with Crippen molar-refractivity contribution in [3.8, 4) is 22.0 Å². The Morgan fingerprint density at radius 1 is 1.10 bits per heavy atom. The predicted molar refractivity (Wildman–Crippen MR) is 124 cm³/mol. The Balaban J connectivity index is 1.55. The fraction of sp³-hybridized carbons (Fsp3) is 0.227. The lowest BCUT2D eigenvalue weighted by Crippen LogP contribution is -2.05. The molecule has 0 aliphatic carbocycles. The number of hydrogen-bond donors (Lipinski definition) is 0. The van der Waals surface area contributed by atoms with E-state index >= 15 is 0 Å². The molecule has 2 aromatic carbocycles. The molecule has 0 N–H and O–H groups in total. The molecule has 0 bridgehead atoms. The minimum atomic E-state index is -0.265. The van der Waals surface area contributed by atoms with Crippen molar-refractivity contribution in [2.24, 2.45) is 0 Å². The third-order valence-corrected chi connectivity index (χ3v) is 6.82. The largest absolute Gasteiger partial charge is 0.385 e. The van der Waals surface area contributed by atoms with Crippen LogP contribution in [0.2, 0.25) is 5.02 Å². The summed E-state index contributed by atoms with van der Waals surface area (Å²) in [5.74, 6) is 1.07. The SMILES string of the molecule is COCCCn1c(SCc2csc(-c3ccccc3F)n2)nnc1-c1ccccc1Cl. The van der Waals surface area contributed by atoms with Crippen LogP contribution in [-0.2, 0) is 17.0 Å². The predicted octanol–water partition coefficient (Wildman–Crippen LogP) is 6.19. The number of benzene rings is 2. The molecule has 0 aliphatic heterocycles. The molecule has 4 aromatic rings. The molecule has 0 saturated carbocycles. The number of methoxy groups -OCH3 is 1. The summed E-state index contributed by atoms with van der Waals surface area (Å²) in [4.78, 5) is 4.60. The lowest BCUT2D eigenvalue weighted by Gasteiger charge is -2.10. The Hall–Kier alpha value is -2.26. The standard InChI is InChI=1S/C22H20ClFN4OS2/c1-29-12-6-11-28-20(16-7-2-4-9-18(16)23)26-27-22(28)31-14-15-13-30-21(25-15)17-8-3-5-10-19(17)24/h2-5,7-10,13H,6,11-12,14H2,1H3. The van der Waals surface area contributed by atoms with Crippen LogP contribution in [0, 0.1) is 5.82 Å². The molecular formula is C22H20ClFN4OS2. The van der Waals surface area contributed by atoms with Gasteiger partial charge in [0.15, 0.2) is 11.0 Å². The molecule has 0 amide bonds. The Labute approximate surface area is 193 Å². The zero-order chi connectivity index (χ0) is 21.6. The van der Waals surface area contributed by atoms with Crippen molar-refractivity contribution >= 4 is 34.7 Å². The number of nitrogens with zero attached hydrogens (tertiary/aromatic N) is 4. The fourth-order valence-corrected chi connectivity index (χ4v) is 5.10. The number of ether oxygens (including phenoxy) is 1. The molecule has 0 unspecified atom stereocenters. The number of rotatable bonds is 9. The highest BCUT2D eigenvalue weighted by molar-refractivity contribution is 7.98. The second kappa shape index (κ2) is 10.4. The lowest BCUT2D eigenvalue weighted by molar-refractivity contribution is 0.189. The van der Waals surface area contributed by atoms with E-state index in [2.05, 4.69) is 19.7 Å². The summed E-state index contributed by atoms with van der Waals surface area (Å²) in [5, 5.41) is 12.8. The van der Waals surface area contributed by atoms with Crippen LogP contribution in [0.3, 0.4) is 0 Å². The topological polar surface area (TPSA) is 52.8 Å². The zero-order valence-electron chi connectivity index (χ0n) is 16.8. The van der Waals surface area contributed by atoms with Gasteiger partial charge >= 0.3 is 0 Å². The normalized spacial score (nSPS) is 11.2. The summed E-state index contributed by atoms with van der Waals surface area (Å²) in [6.45, 7) is 1.35. The molecule has 2 aromatic heterocycles. The van der Waals surface area contributed by atoms with E-state index in [0.29, 0.717) is 34.5 Å². The monoisotopic (exact) mass is 474 g/mol. The van der Waals surface area contributed by atoms with Gasteiger partial charge in [0.2, 0.25) is 0 Å². The number of thiazole rings is 1. The Morgan fingerprint density at radius 3 is 2.65 bits per heavy atom. The number of thioether (sulfide) groups is 1. The van der Waals surface area contributed by atoms with Gasteiger partial charge in [0.1, 0.15) is 10.8 Å². The van der Waals surface area contributed by atoms with Crippen LogP contribution in [0.1, 0.15) is 12.1 Å². The summed E-state index contributed by atoms with van der Waals surface area (Å²) in [6, 6.07) is 14.3. The van der Waals surface area contributed by atoms with E-state index in [1.807, 2.05) is 35.7 Å². The van der Waals surface area contributed by atoms with E-state index in [9.17, 15) is 4.39 Å². The summed E-state index contributed by atoms with van der Waals surface area (Å²) in [7, 11) is 1.69. The maximum Gasteiger partial charge on any atom is 0.191 e. The number of halogens is 2. The maximum absolute atomic E-state index is 14.1. The molecule has 0 saturated heterocycles. The molecule has 4 rings (SSSR count). The molecule has 0 spiro atoms. The molecule has 0 aliphatic rings. The van der Waals surface area contributed by atoms with E-state index in [-0.39, 0.29) is 5.82 Å². The van der Waals surface area contributed by atoms with Crippen molar-refractivity contribution < 1.29 is 9.13 Å². The zero-order valence-corrected chi connectivity index (χ0v) is 19.2. The first kappa shape index (κ1) is 22.0. The van der Waals surface area contributed by atoms with Gasteiger partial charge in [-0.25, -0.2) is 9.37 Å². The van der Waals surface area contributed by atoms with Gasteiger partial charge < -0.3 is 9.30 Å². The van der Waals surface area contributed by atoms with Crippen LogP contribution < -0.4 is 0 Å². The molecule has 9 heteroatoms. The fourth-order valence-electron chi connectivity index (χ4n) is 3.08. The highest BCUT2D eigenvalue weighted by Gasteiger charge is 2.17. The number of hydrogen-bond acceptors (Lipinski definition) is 6. The summed E-state index contributed by atoms with van der Waals surface area (Å²) >= 11 is 9.38. The van der Waals surface area contributed by atoms with Crippen LogP contribution in [0.15, 0.2) is 59.1 Å². The van der Waals surface area contributed by atoms with Gasteiger partial charge in [0.05, 0.1) is 10.7 Å². The van der Waals surface area contributed by atoms with E-state index < -0.39 is 0 Å². The third kappa shape index (κ3) is 5.15. The van der Waals surface area contributed by atoms with Gasteiger partial charge in [-0.3, -0.25) is 0 Å². The quantitative estimate of drug-likeness (QED) is 0.214. The van der Waals surface area contributed by atoms with Crippen LogP contribution in [0.25, 0.3) is 22.0 Å². The van der Waals surface area contributed by atoms with Crippen molar-refractivity contribution in [2.45, 2.75) is 23.9 Å². The van der Waals surface area contributed by atoms with Crippen molar-refractivity contribution in [3.05, 3.63) is 70.4 Å². The van der Waals surface area contributed by atoms with Crippen molar-refractivity contribution in [1.82, 2.24) is 19.7 Å². The van der Waals surface area contributed by atoms with E-state index in [1.165, 1.54) is 17.4 Å². The first-order valence-corrected chi connectivity index (χ1v) is 11.9. The van der Waals surface area contributed by atoms with Crippen LogP contribution in [-0.4, -0.2) is 33.5 Å². The second-order valence-electron chi connectivity index (χ2n) is 6.70. The molecule has 31 heavy (non-hydrogen) atoms. The van der Waals surface area contributed by atoms with Gasteiger partial charge in [-0.1, -0.05) is 47.6 Å². The van der Waals surface area contributed by atoms with Crippen LogP contribution in [0.5, 0.6) is 0 Å². The summed E-state index contributed by atoms with van der Waals surface area (Å²) < 4.78 is 21.3. The Morgan fingerprint density at radius 2 is 1.87 bits per heavy atom. The first-order chi connectivity index (χ1) is 15.2. The maximum atomic E-state index is 14.1. The average Bonchev–Trinajstić information content (AvgIpc) is 3.40. The van der Waals surface area contributed by atoms with Gasteiger partial charge in [-0.2, -0.15) is 0 Å². The smallest absolute Gasteiger partial charge is 0.191 e. The number of aromatic nitrogens is 4. The Kier molecular flexibility index (Phi) is 7.34. The van der Waals surface area contributed by atoms with Crippen molar-refractivity contribution in [3.63, 3.8) is 0 Å². The summed E-state index contributed by atoms with van der Waals surface area (Å²) in [6.07, 6.45) is 0.827. The molecule has 160 valence electrons.